The number of hydrogen-bond acceptors (Lipinski definition) is 24. The molecule has 4 saturated heterocycles. The van der Waals surface area contributed by atoms with Gasteiger partial charge in [-0.15, -0.1) is 0 Å². The first-order valence-electron chi connectivity index (χ1n) is 23.3. The highest BCUT2D eigenvalue weighted by molar-refractivity contribution is 5.81. The summed E-state index contributed by atoms with van der Waals surface area (Å²) in [4.78, 5) is 12.7. The summed E-state index contributed by atoms with van der Waals surface area (Å²) in [7, 11) is 1.46. The number of hydrogen-bond donors (Lipinski definition) is 14. The molecule has 4 aliphatic heterocycles. The van der Waals surface area contributed by atoms with Crippen molar-refractivity contribution in [2.45, 2.75) is 205 Å². The van der Waals surface area contributed by atoms with E-state index < -0.39 is 179 Å². The minimum Gasteiger partial charge on any atom is -0.460 e. The van der Waals surface area contributed by atoms with Crippen LogP contribution in [0.5, 0.6) is 0 Å². The van der Waals surface area contributed by atoms with Gasteiger partial charge in [0, 0.05) is 25.5 Å². The topological polar surface area (TPSA) is 383 Å². The molecule has 3 aliphatic carbocycles. The third-order valence-electron chi connectivity index (χ3n) is 14.7. The Morgan fingerprint density at radius 1 is 0.552 bits per heavy atom. The van der Waals surface area contributed by atoms with Crippen LogP contribution in [-0.2, 0) is 47.4 Å². The Labute approximate surface area is 386 Å². The Balaban J connectivity index is 1.11. The molecule has 3 saturated carbocycles. The van der Waals surface area contributed by atoms with Crippen LogP contribution in [0.3, 0.4) is 0 Å². The molecule has 0 aromatic carbocycles. The van der Waals surface area contributed by atoms with E-state index in [0.717, 1.165) is 6.08 Å². The zero-order valence-corrected chi connectivity index (χ0v) is 37.1. The minimum absolute atomic E-state index is 0.00499. The second-order valence-electron chi connectivity index (χ2n) is 19.1. The number of fused-ring (bicyclic) bond motifs is 1. The highest BCUT2D eigenvalue weighted by Gasteiger charge is 2.56. The van der Waals surface area contributed by atoms with Crippen molar-refractivity contribution < 1.29 is 119 Å². The van der Waals surface area contributed by atoms with Crippen molar-refractivity contribution in [2.75, 3.05) is 26.9 Å². The molecule has 4 heterocycles. The number of aliphatic hydroxyl groups is 14. The van der Waals surface area contributed by atoms with Crippen molar-refractivity contribution in [1.29, 1.82) is 0 Å². The molecule has 7 aliphatic rings. The monoisotopic (exact) mass is 970 g/mol. The number of allylic oxidation sites excluding steroid dienone is 1. The summed E-state index contributed by atoms with van der Waals surface area (Å²) in [6.07, 6.45) is -28.4. The molecule has 0 amide bonds. The Morgan fingerprint density at radius 2 is 1.15 bits per heavy atom. The van der Waals surface area contributed by atoms with Crippen LogP contribution in [0.15, 0.2) is 12.2 Å². The average Bonchev–Trinajstić information content (AvgIpc) is 3.31. The zero-order valence-electron chi connectivity index (χ0n) is 37.1. The molecule has 7 rings (SSSR count). The lowest BCUT2D eigenvalue weighted by Gasteiger charge is -2.53. The van der Waals surface area contributed by atoms with E-state index >= 15 is 0 Å². The molecular formula is C43H70O24. The Hall–Kier alpha value is -1.67. The lowest BCUT2D eigenvalue weighted by atomic mass is 9.72. The second kappa shape index (κ2) is 23.3. The van der Waals surface area contributed by atoms with E-state index in [1.807, 2.05) is 0 Å². The van der Waals surface area contributed by atoms with Crippen molar-refractivity contribution in [3.63, 3.8) is 0 Å². The van der Waals surface area contributed by atoms with E-state index in [9.17, 15) is 76.3 Å². The predicted molar refractivity (Wildman–Crippen MR) is 218 cm³/mol. The standard InChI is InChI=1S/C43H70O24/c1-59-25-9-17(4-6-21(25)48)39-26(12-19-23(61-39)10-18(46)11-24(19)62-41-37(57)34(54)31(51)27(13-44)64-41)63-43-40(36(56)32(52)28(14-45)65-43)67-42-38(58)35(55)33(53)29(66-42)15-60-30(50)7-3-16-2-5-20(47)22(49)8-16/h3,7,16-29,31-49,51-58H,2,4-6,8-15H2,1H3. The van der Waals surface area contributed by atoms with Crippen molar-refractivity contribution >= 4 is 5.97 Å². The minimum atomic E-state index is -1.99. The molecule has 0 bridgehead atoms. The lowest BCUT2D eigenvalue weighted by Crippen LogP contribution is -2.66. The SMILES string of the molecule is COC1CC(C2OC3CC(O)CC(OC4OC(CO)C(O)C(O)C4O)C3CC2OC2OC(CO)C(O)C(O)C2OC2OC(COC(=O)C=CC3CCC(O)C(O)C3)C(O)C(O)C2O)CCC1O. The first-order valence-corrected chi connectivity index (χ1v) is 23.3. The maximum atomic E-state index is 12.7. The highest BCUT2D eigenvalue weighted by atomic mass is 16.8. The van der Waals surface area contributed by atoms with Crippen molar-refractivity contribution in [3.8, 4) is 0 Å². The first kappa shape index (κ1) is 53.1. The number of carbonyl (C=O) groups is 1. The maximum absolute atomic E-state index is 12.7. The molecule has 0 spiro atoms. The highest BCUT2D eigenvalue weighted by Crippen LogP contribution is 2.45. The molecule has 7 fully saturated rings. The number of methoxy groups -OCH3 is 1. The van der Waals surface area contributed by atoms with Crippen LogP contribution in [-0.4, -0.2) is 251 Å². The van der Waals surface area contributed by atoms with Crippen LogP contribution >= 0.6 is 0 Å². The van der Waals surface area contributed by atoms with Crippen molar-refractivity contribution in [3.05, 3.63) is 12.2 Å². The lowest BCUT2D eigenvalue weighted by molar-refractivity contribution is -0.380. The summed E-state index contributed by atoms with van der Waals surface area (Å²) in [6.45, 7) is -2.16. The normalized spacial score (nSPS) is 51.0. The van der Waals surface area contributed by atoms with E-state index in [-0.39, 0.29) is 37.5 Å². The van der Waals surface area contributed by atoms with E-state index in [1.54, 1.807) is 0 Å². The fourth-order valence-corrected chi connectivity index (χ4v) is 10.7. The first-order chi connectivity index (χ1) is 31.9. The van der Waals surface area contributed by atoms with Gasteiger partial charge >= 0.3 is 5.97 Å². The van der Waals surface area contributed by atoms with E-state index in [0.29, 0.717) is 32.1 Å². The molecule has 0 radical (unpaired) electrons. The Bertz CT molecular complexity index is 1590. The number of carbonyl (C=O) groups excluding carboxylic acids is 1. The van der Waals surface area contributed by atoms with Gasteiger partial charge in [-0.25, -0.2) is 4.79 Å². The molecule has 67 heavy (non-hydrogen) atoms. The van der Waals surface area contributed by atoms with Gasteiger partial charge in [-0.05, 0) is 63.2 Å². The summed E-state index contributed by atoms with van der Waals surface area (Å²) in [6, 6.07) is 0. The van der Waals surface area contributed by atoms with Gasteiger partial charge < -0.3 is 114 Å². The maximum Gasteiger partial charge on any atom is 0.330 e. The largest absolute Gasteiger partial charge is 0.460 e. The number of ether oxygens (including phenoxy) is 9. The van der Waals surface area contributed by atoms with Crippen LogP contribution in [0, 0.1) is 17.8 Å². The molecular weight excluding hydrogens is 900 g/mol. The summed E-state index contributed by atoms with van der Waals surface area (Å²) in [5.74, 6) is -2.07. The zero-order chi connectivity index (χ0) is 48.4. The van der Waals surface area contributed by atoms with Gasteiger partial charge in [-0.1, -0.05) is 6.08 Å². The number of rotatable bonds is 14. The van der Waals surface area contributed by atoms with Gasteiger partial charge in [0.05, 0.1) is 68.1 Å². The van der Waals surface area contributed by atoms with Crippen LogP contribution in [0.25, 0.3) is 0 Å². The van der Waals surface area contributed by atoms with E-state index in [1.165, 1.54) is 13.2 Å². The van der Waals surface area contributed by atoms with Crippen LogP contribution < -0.4 is 0 Å². The average molecular weight is 971 g/mol. The number of esters is 1. The third kappa shape index (κ3) is 12.0. The van der Waals surface area contributed by atoms with Gasteiger partial charge in [0.15, 0.2) is 18.9 Å². The smallest absolute Gasteiger partial charge is 0.330 e. The van der Waals surface area contributed by atoms with Gasteiger partial charge in [0.1, 0.15) is 79.9 Å². The fraction of sp³-hybridized carbons (Fsp3) is 0.930. The molecule has 24 heteroatoms. The van der Waals surface area contributed by atoms with Crippen LogP contribution in [0.4, 0.5) is 0 Å². The molecule has 0 aromatic rings. The Morgan fingerprint density at radius 3 is 1.81 bits per heavy atom. The third-order valence-corrected chi connectivity index (χ3v) is 14.7. The quantitative estimate of drug-likeness (QED) is 0.0569. The summed E-state index contributed by atoms with van der Waals surface area (Å²) >= 11 is 0. The summed E-state index contributed by atoms with van der Waals surface area (Å²) in [5, 5.41) is 149. The van der Waals surface area contributed by atoms with Crippen LogP contribution in [0.2, 0.25) is 0 Å². The molecule has 0 aromatic heterocycles. The second-order valence-corrected chi connectivity index (χ2v) is 19.1. The van der Waals surface area contributed by atoms with E-state index in [4.69, 9.17) is 42.6 Å². The van der Waals surface area contributed by atoms with Crippen molar-refractivity contribution in [1.82, 2.24) is 0 Å². The molecule has 14 N–H and O–H groups in total. The fourth-order valence-electron chi connectivity index (χ4n) is 10.7. The van der Waals surface area contributed by atoms with Crippen LogP contribution in [0.1, 0.15) is 57.8 Å². The number of aliphatic hydroxyl groups excluding tert-OH is 14. The van der Waals surface area contributed by atoms with E-state index in [2.05, 4.69) is 0 Å². The summed E-state index contributed by atoms with van der Waals surface area (Å²) < 4.78 is 54.0. The Kier molecular flexibility index (Phi) is 18.4. The molecule has 386 valence electrons. The van der Waals surface area contributed by atoms with Gasteiger partial charge in [-0.2, -0.15) is 0 Å². The molecule has 24 nitrogen and oxygen atoms in total. The summed E-state index contributed by atoms with van der Waals surface area (Å²) in [5.41, 5.74) is 0. The van der Waals surface area contributed by atoms with Gasteiger partial charge in [-0.3, -0.25) is 0 Å². The molecule has 27 atom stereocenters. The van der Waals surface area contributed by atoms with Gasteiger partial charge in [0.25, 0.3) is 0 Å². The molecule has 27 unspecified atom stereocenters. The predicted octanol–water partition coefficient (Wildman–Crippen LogP) is -6.09. The van der Waals surface area contributed by atoms with Crippen molar-refractivity contribution in [2.24, 2.45) is 17.8 Å². The van der Waals surface area contributed by atoms with Gasteiger partial charge in [0.2, 0.25) is 0 Å².